The first kappa shape index (κ1) is 44.1. The molecular formula is C35H49F3N5O10P. The zero-order valence-electron chi connectivity index (χ0n) is 30.4. The number of benzene rings is 1. The fraction of sp³-hybridized carbons (Fsp3) is 0.571. The predicted molar refractivity (Wildman–Crippen MR) is 192 cm³/mol. The van der Waals surface area contributed by atoms with Gasteiger partial charge in [-0.3, -0.25) is 33.3 Å². The molecule has 0 bridgehead atoms. The van der Waals surface area contributed by atoms with Gasteiger partial charge in [0.1, 0.15) is 17.9 Å². The van der Waals surface area contributed by atoms with Gasteiger partial charge in [0.05, 0.1) is 20.1 Å². The molecular weight excluding hydrogens is 738 g/mol. The number of methoxy groups -OCH3 is 1. The lowest BCUT2D eigenvalue weighted by Gasteiger charge is -2.24. The summed E-state index contributed by atoms with van der Waals surface area (Å²) >= 11 is 0. The van der Waals surface area contributed by atoms with Crippen LogP contribution in [-0.2, 0) is 39.4 Å². The number of hydrogen-bond acceptors (Lipinski definition) is 10. The van der Waals surface area contributed by atoms with Crippen molar-refractivity contribution in [1.29, 1.82) is 0 Å². The number of nitrogens with one attached hydrogen (secondary N) is 4. The van der Waals surface area contributed by atoms with Crippen LogP contribution in [0.15, 0.2) is 58.3 Å². The van der Waals surface area contributed by atoms with Crippen molar-refractivity contribution < 1.29 is 50.6 Å². The third kappa shape index (κ3) is 15.6. The Labute approximate surface area is 310 Å². The second-order valence-electron chi connectivity index (χ2n) is 12.7. The number of carbonyl (C=O) groups is 3. The second kappa shape index (κ2) is 22.2. The summed E-state index contributed by atoms with van der Waals surface area (Å²) in [7, 11) is -2.95. The van der Waals surface area contributed by atoms with Gasteiger partial charge in [0, 0.05) is 24.8 Å². The minimum Gasteiger partial charge on any atom is -0.468 e. The highest BCUT2D eigenvalue weighted by molar-refractivity contribution is 7.52. The van der Waals surface area contributed by atoms with Crippen LogP contribution in [-0.4, -0.2) is 72.5 Å². The quantitative estimate of drug-likeness (QED) is 0.0503. The Morgan fingerprint density at radius 2 is 1.52 bits per heavy atom. The first-order valence-electron chi connectivity index (χ1n) is 17.9. The molecule has 3 rings (SSSR count). The average molecular weight is 788 g/mol. The number of aromatic nitrogens is 2. The minimum absolute atomic E-state index is 0.0163. The van der Waals surface area contributed by atoms with Gasteiger partial charge < -0.3 is 24.6 Å². The Balaban J connectivity index is 1.36. The highest BCUT2D eigenvalue weighted by Gasteiger charge is 2.38. The van der Waals surface area contributed by atoms with Crippen LogP contribution in [0.5, 0.6) is 5.75 Å². The normalized spacial score (nSPS) is 17.1. The van der Waals surface area contributed by atoms with Gasteiger partial charge in [0.25, 0.3) is 5.56 Å². The fourth-order valence-electron chi connectivity index (χ4n) is 5.36. The molecule has 2 aromatic rings. The molecule has 1 aromatic carbocycles. The van der Waals surface area contributed by atoms with E-state index in [9.17, 15) is 41.7 Å². The van der Waals surface area contributed by atoms with Crippen LogP contribution in [0.3, 0.4) is 0 Å². The van der Waals surface area contributed by atoms with Gasteiger partial charge in [-0.2, -0.15) is 18.3 Å². The minimum atomic E-state index is -4.84. The van der Waals surface area contributed by atoms with Crippen LogP contribution in [0.2, 0.25) is 0 Å². The van der Waals surface area contributed by atoms with E-state index in [0.29, 0.717) is 13.0 Å². The van der Waals surface area contributed by atoms with E-state index in [1.54, 1.807) is 42.5 Å². The maximum absolute atomic E-state index is 13.6. The smallest absolute Gasteiger partial charge is 0.468 e. The number of esters is 1. The first-order valence-corrected chi connectivity index (χ1v) is 19.4. The molecule has 4 atom stereocenters. The monoisotopic (exact) mass is 787 g/mol. The number of nitrogens with zero attached hydrogens (tertiary/aromatic N) is 1. The molecule has 0 saturated carbocycles. The summed E-state index contributed by atoms with van der Waals surface area (Å²) in [6.45, 7) is 1.57. The van der Waals surface area contributed by atoms with E-state index >= 15 is 0 Å². The molecule has 0 saturated heterocycles. The number of H-pyrrole nitrogens is 1. The predicted octanol–water partition coefficient (Wildman–Crippen LogP) is 4.58. The van der Waals surface area contributed by atoms with E-state index in [1.165, 1.54) is 20.2 Å². The van der Waals surface area contributed by atoms with E-state index in [4.69, 9.17) is 18.5 Å². The lowest BCUT2D eigenvalue weighted by atomic mass is 10.1. The third-order valence-electron chi connectivity index (χ3n) is 8.22. The van der Waals surface area contributed by atoms with Crippen molar-refractivity contribution in [3.05, 3.63) is 75.1 Å². The molecule has 15 nitrogen and oxygen atoms in total. The molecule has 54 heavy (non-hydrogen) atoms. The number of unbranched alkanes of at least 4 members (excludes halogenated alkanes) is 9. The van der Waals surface area contributed by atoms with Crippen LogP contribution in [0, 0.1) is 0 Å². The van der Waals surface area contributed by atoms with Crippen LogP contribution in [0.4, 0.5) is 13.2 Å². The SMILES string of the molecule is COC(=O)[C@H](C)NP(=O)(OC[C@@H]1C=C[C@H](n2cc(CC(=O)NCCCCCCCCCCCCNC(=O)C(F)(F)F)c(=O)[nH]c2=O)O1)Oc1ccccc1. The lowest BCUT2D eigenvalue weighted by Crippen LogP contribution is -2.37. The van der Waals surface area contributed by atoms with Gasteiger partial charge in [0.2, 0.25) is 5.91 Å². The Kier molecular flexibility index (Phi) is 18.2. The summed E-state index contributed by atoms with van der Waals surface area (Å²) in [6.07, 6.45) is 6.29. The second-order valence-corrected chi connectivity index (χ2v) is 14.4. The van der Waals surface area contributed by atoms with Gasteiger partial charge >= 0.3 is 31.5 Å². The zero-order chi connectivity index (χ0) is 39.6. The molecule has 1 aliphatic rings. The number of aromatic amines is 1. The maximum Gasteiger partial charge on any atom is 0.471 e. The molecule has 2 amide bonds. The van der Waals surface area contributed by atoms with Gasteiger partial charge in [-0.1, -0.05) is 75.6 Å². The molecule has 0 fully saturated rings. The molecule has 0 aliphatic carbocycles. The molecule has 0 radical (unpaired) electrons. The summed E-state index contributed by atoms with van der Waals surface area (Å²) in [4.78, 5) is 62.7. The number of para-hydroxylation sites is 1. The molecule has 4 N–H and O–H groups in total. The maximum atomic E-state index is 13.6. The number of ether oxygens (including phenoxy) is 2. The summed E-state index contributed by atoms with van der Waals surface area (Å²) in [6, 6.07) is 7.16. The van der Waals surface area contributed by atoms with Crippen molar-refractivity contribution in [3.8, 4) is 5.75 Å². The number of hydrogen-bond donors (Lipinski definition) is 4. The van der Waals surface area contributed by atoms with Gasteiger partial charge in [0.15, 0.2) is 6.23 Å². The molecule has 0 spiro atoms. The van der Waals surface area contributed by atoms with Crippen LogP contribution >= 0.6 is 7.75 Å². The molecule has 19 heteroatoms. The highest BCUT2D eigenvalue weighted by Crippen LogP contribution is 2.45. The third-order valence-corrected chi connectivity index (χ3v) is 9.87. The van der Waals surface area contributed by atoms with Crippen molar-refractivity contribution in [2.75, 3.05) is 26.8 Å². The summed E-state index contributed by atoms with van der Waals surface area (Å²) < 4.78 is 72.9. The number of carbonyl (C=O) groups excluding carboxylic acids is 3. The van der Waals surface area contributed by atoms with Crippen molar-refractivity contribution >= 4 is 25.5 Å². The van der Waals surface area contributed by atoms with Crippen LogP contribution in [0.1, 0.15) is 82.9 Å². The average Bonchev–Trinajstić information content (AvgIpc) is 3.60. The van der Waals surface area contributed by atoms with E-state index in [-0.39, 0.29) is 36.8 Å². The zero-order valence-corrected chi connectivity index (χ0v) is 31.3. The number of rotatable bonds is 24. The Hall–Kier alpha value is -4.25. The van der Waals surface area contributed by atoms with Crippen LogP contribution < -0.4 is 31.5 Å². The molecule has 2 heterocycles. The Morgan fingerprint density at radius 1 is 0.926 bits per heavy atom. The van der Waals surface area contributed by atoms with Crippen LogP contribution in [0.25, 0.3) is 0 Å². The lowest BCUT2D eigenvalue weighted by molar-refractivity contribution is -0.173. The summed E-state index contributed by atoms with van der Waals surface area (Å²) in [5, 5.41) is 7.20. The standard InChI is InChI=1S/C35H49F3N5O10P/c1-25(32(46)50-2)42-54(49,53-27-16-12-11-13-17-27)51-24-28-18-19-30(52-28)43-23-26(31(45)41-34(43)48)22-29(44)39-20-14-9-7-5-3-4-6-8-10-15-21-40-33(47)35(36,37)38/h11-13,16-19,23,25,28,30H,3-10,14-15,20-22,24H2,1-2H3,(H,39,44)(H,40,47)(H,42,49)(H,41,45,48)/t25-,28-,30+,54?/m0/s1. The van der Waals surface area contributed by atoms with Gasteiger partial charge in [-0.15, -0.1) is 0 Å². The number of alkyl halides is 3. The van der Waals surface area contributed by atoms with E-state index in [1.807, 2.05) is 5.32 Å². The summed E-state index contributed by atoms with van der Waals surface area (Å²) in [5.41, 5.74) is -1.41. The Morgan fingerprint density at radius 3 is 2.11 bits per heavy atom. The van der Waals surface area contributed by atoms with Crippen molar-refractivity contribution in [2.24, 2.45) is 0 Å². The van der Waals surface area contributed by atoms with Crippen molar-refractivity contribution in [2.45, 2.75) is 102 Å². The van der Waals surface area contributed by atoms with Gasteiger partial charge in [-0.05, 0) is 38.0 Å². The van der Waals surface area contributed by atoms with Crippen molar-refractivity contribution in [3.63, 3.8) is 0 Å². The van der Waals surface area contributed by atoms with Crippen molar-refractivity contribution in [1.82, 2.24) is 25.3 Å². The van der Waals surface area contributed by atoms with E-state index in [0.717, 1.165) is 62.4 Å². The number of halogens is 3. The Bertz CT molecular complexity index is 1700. The molecule has 1 unspecified atom stereocenters. The largest absolute Gasteiger partial charge is 0.471 e. The summed E-state index contributed by atoms with van der Waals surface area (Å²) in [5.74, 6) is -2.76. The molecule has 300 valence electrons. The molecule has 1 aliphatic heterocycles. The highest BCUT2D eigenvalue weighted by atomic mass is 31.2. The van der Waals surface area contributed by atoms with Gasteiger partial charge in [-0.25, -0.2) is 9.36 Å². The van der Waals surface area contributed by atoms with E-state index in [2.05, 4.69) is 15.4 Å². The van der Waals surface area contributed by atoms with E-state index < -0.39 is 55.4 Å². The first-order chi connectivity index (χ1) is 25.7. The topological polar surface area (TPSA) is 196 Å². The molecule has 1 aromatic heterocycles. The number of amides is 2. The fourth-order valence-corrected chi connectivity index (χ4v) is 6.86.